The number of methoxy groups -OCH3 is 1. The molecule has 1 saturated heterocycles. The third kappa shape index (κ3) is 5.73. The quantitative estimate of drug-likeness (QED) is 0.758. The van der Waals surface area contributed by atoms with Crippen LogP contribution in [-0.4, -0.2) is 37.6 Å². The van der Waals surface area contributed by atoms with Gasteiger partial charge in [-0.1, -0.05) is 24.3 Å². The van der Waals surface area contributed by atoms with E-state index < -0.39 is 0 Å². The van der Waals surface area contributed by atoms with Crippen molar-refractivity contribution in [2.75, 3.05) is 26.8 Å². The van der Waals surface area contributed by atoms with E-state index in [1.54, 1.807) is 7.11 Å². The molecule has 3 rings (SSSR count). The molecule has 0 aromatic heterocycles. The molecule has 1 aliphatic rings. The van der Waals surface area contributed by atoms with Crippen LogP contribution < -0.4 is 14.8 Å². The fourth-order valence-electron chi connectivity index (χ4n) is 3.59. The van der Waals surface area contributed by atoms with Gasteiger partial charge in [-0.2, -0.15) is 0 Å². The summed E-state index contributed by atoms with van der Waals surface area (Å²) < 4.78 is 10.7. The Bertz CT molecular complexity index is 753. The monoisotopic (exact) mass is 382 g/mol. The fourth-order valence-corrected chi connectivity index (χ4v) is 3.59. The van der Waals surface area contributed by atoms with Gasteiger partial charge in [-0.15, -0.1) is 0 Å². The standard InChI is InChI=1S/C23H30N2O3/c1-3-28-22-6-4-5-19(15-22)17-25-13-11-20(12-14-25)23(26)24-16-18-7-9-21(27-2)10-8-18/h4-10,15,20H,3,11-14,16-17H2,1-2H3,(H,24,26). The first kappa shape index (κ1) is 20.2. The van der Waals surface area contributed by atoms with Crippen LogP contribution in [0.5, 0.6) is 11.5 Å². The zero-order chi connectivity index (χ0) is 19.8. The van der Waals surface area contributed by atoms with Crippen molar-refractivity contribution < 1.29 is 14.3 Å². The second-order valence-corrected chi connectivity index (χ2v) is 7.20. The van der Waals surface area contributed by atoms with Crippen molar-refractivity contribution in [3.63, 3.8) is 0 Å². The number of nitrogens with zero attached hydrogens (tertiary/aromatic N) is 1. The maximum atomic E-state index is 12.5. The Morgan fingerprint density at radius 3 is 2.50 bits per heavy atom. The molecular weight excluding hydrogens is 352 g/mol. The number of carbonyl (C=O) groups is 1. The minimum absolute atomic E-state index is 0.101. The first-order chi connectivity index (χ1) is 13.7. The summed E-state index contributed by atoms with van der Waals surface area (Å²) in [6.45, 7) is 6.03. The lowest BCUT2D eigenvalue weighted by atomic mass is 9.95. The van der Waals surface area contributed by atoms with E-state index in [-0.39, 0.29) is 11.8 Å². The van der Waals surface area contributed by atoms with Gasteiger partial charge in [0.15, 0.2) is 0 Å². The van der Waals surface area contributed by atoms with E-state index in [0.29, 0.717) is 13.2 Å². The number of rotatable bonds is 8. The molecule has 0 bridgehead atoms. The molecule has 150 valence electrons. The predicted molar refractivity (Wildman–Crippen MR) is 110 cm³/mol. The summed E-state index contributed by atoms with van der Waals surface area (Å²) >= 11 is 0. The van der Waals surface area contributed by atoms with E-state index in [9.17, 15) is 4.79 Å². The second kappa shape index (κ2) is 10.1. The van der Waals surface area contributed by atoms with E-state index in [0.717, 1.165) is 49.5 Å². The third-order valence-corrected chi connectivity index (χ3v) is 5.20. The molecule has 0 unspecified atom stereocenters. The van der Waals surface area contributed by atoms with Crippen LogP contribution in [-0.2, 0) is 17.9 Å². The molecule has 1 fully saturated rings. The van der Waals surface area contributed by atoms with Gasteiger partial charge in [0, 0.05) is 19.0 Å². The molecule has 2 aromatic carbocycles. The fraction of sp³-hybridized carbons (Fsp3) is 0.435. The Morgan fingerprint density at radius 2 is 1.82 bits per heavy atom. The van der Waals surface area contributed by atoms with Crippen molar-refractivity contribution in [2.45, 2.75) is 32.9 Å². The third-order valence-electron chi connectivity index (χ3n) is 5.20. The highest BCUT2D eigenvalue weighted by Gasteiger charge is 2.24. The van der Waals surface area contributed by atoms with Crippen LogP contribution in [0.1, 0.15) is 30.9 Å². The SMILES string of the molecule is CCOc1cccc(CN2CCC(C(=O)NCc3ccc(OC)cc3)CC2)c1. The minimum atomic E-state index is 0.101. The molecule has 28 heavy (non-hydrogen) atoms. The lowest BCUT2D eigenvalue weighted by molar-refractivity contribution is -0.126. The summed E-state index contributed by atoms with van der Waals surface area (Å²) in [7, 11) is 1.65. The highest BCUT2D eigenvalue weighted by atomic mass is 16.5. The highest BCUT2D eigenvalue weighted by molar-refractivity contribution is 5.78. The van der Waals surface area contributed by atoms with Crippen molar-refractivity contribution in [1.82, 2.24) is 10.2 Å². The number of hydrogen-bond donors (Lipinski definition) is 1. The first-order valence-electron chi connectivity index (χ1n) is 10.0. The summed E-state index contributed by atoms with van der Waals surface area (Å²) in [6.07, 6.45) is 1.80. The molecular formula is C23H30N2O3. The van der Waals surface area contributed by atoms with Gasteiger partial charge >= 0.3 is 0 Å². The Balaban J connectivity index is 1.42. The van der Waals surface area contributed by atoms with Crippen LogP contribution in [0.4, 0.5) is 0 Å². The molecule has 0 aliphatic carbocycles. The highest BCUT2D eigenvalue weighted by Crippen LogP contribution is 2.21. The molecule has 5 heteroatoms. The number of piperidine rings is 1. The van der Waals surface area contributed by atoms with Crippen molar-refractivity contribution in [1.29, 1.82) is 0 Å². The Kier molecular flexibility index (Phi) is 7.31. The smallest absolute Gasteiger partial charge is 0.223 e. The van der Waals surface area contributed by atoms with Gasteiger partial charge < -0.3 is 14.8 Å². The molecule has 1 aliphatic heterocycles. The van der Waals surface area contributed by atoms with Crippen LogP contribution in [0.3, 0.4) is 0 Å². The average molecular weight is 383 g/mol. The summed E-state index contributed by atoms with van der Waals surface area (Å²) in [5.74, 6) is 2.01. The van der Waals surface area contributed by atoms with Gasteiger partial charge in [0.2, 0.25) is 5.91 Å². The molecule has 0 radical (unpaired) electrons. The van der Waals surface area contributed by atoms with Crippen LogP contribution >= 0.6 is 0 Å². The summed E-state index contributed by atoms with van der Waals surface area (Å²) in [4.78, 5) is 14.9. The summed E-state index contributed by atoms with van der Waals surface area (Å²) in [5.41, 5.74) is 2.34. The number of hydrogen-bond acceptors (Lipinski definition) is 4. The second-order valence-electron chi connectivity index (χ2n) is 7.20. The molecule has 1 heterocycles. The predicted octanol–water partition coefficient (Wildman–Crippen LogP) is 3.62. The summed E-state index contributed by atoms with van der Waals surface area (Å²) in [5, 5.41) is 3.08. The lowest BCUT2D eigenvalue weighted by Crippen LogP contribution is -2.40. The summed E-state index contributed by atoms with van der Waals surface area (Å²) in [6, 6.07) is 16.1. The molecule has 1 N–H and O–H groups in total. The largest absolute Gasteiger partial charge is 0.497 e. The van der Waals surface area contributed by atoms with Crippen molar-refractivity contribution >= 4 is 5.91 Å². The van der Waals surface area contributed by atoms with Gasteiger partial charge in [0.25, 0.3) is 0 Å². The molecule has 1 amide bonds. The van der Waals surface area contributed by atoms with E-state index >= 15 is 0 Å². The number of likely N-dealkylation sites (tertiary alicyclic amines) is 1. The molecule has 0 atom stereocenters. The van der Waals surface area contributed by atoms with Gasteiger partial charge in [-0.25, -0.2) is 0 Å². The van der Waals surface area contributed by atoms with Gasteiger partial charge in [-0.3, -0.25) is 9.69 Å². The maximum absolute atomic E-state index is 12.5. The Hall–Kier alpha value is -2.53. The van der Waals surface area contributed by atoms with Crippen molar-refractivity contribution in [3.8, 4) is 11.5 Å². The van der Waals surface area contributed by atoms with Crippen LogP contribution in [0.15, 0.2) is 48.5 Å². The van der Waals surface area contributed by atoms with Gasteiger partial charge in [0.1, 0.15) is 11.5 Å². The van der Waals surface area contributed by atoms with E-state index in [4.69, 9.17) is 9.47 Å². The van der Waals surface area contributed by atoms with Crippen LogP contribution in [0.25, 0.3) is 0 Å². The molecule has 0 saturated carbocycles. The van der Waals surface area contributed by atoms with E-state index in [2.05, 4.69) is 22.3 Å². The number of amides is 1. The topological polar surface area (TPSA) is 50.8 Å². The van der Waals surface area contributed by atoms with E-state index in [1.807, 2.05) is 43.3 Å². The van der Waals surface area contributed by atoms with Crippen LogP contribution in [0, 0.1) is 5.92 Å². The van der Waals surface area contributed by atoms with Gasteiger partial charge in [-0.05, 0) is 68.2 Å². The Labute approximate surface area is 167 Å². The number of nitrogens with one attached hydrogen (secondary N) is 1. The average Bonchev–Trinajstić information content (AvgIpc) is 2.73. The lowest BCUT2D eigenvalue weighted by Gasteiger charge is -2.31. The zero-order valence-corrected chi connectivity index (χ0v) is 16.8. The molecule has 0 spiro atoms. The van der Waals surface area contributed by atoms with Crippen molar-refractivity contribution in [3.05, 3.63) is 59.7 Å². The minimum Gasteiger partial charge on any atom is -0.497 e. The number of benzene rings is 2. The van der Waals surface area contributed by atoms with Crippen molar-refractivity contribution in [2.24, 2.45) is 5.92 Å². The van der Waals surface area contributed by atoms with Crippen LogP contribution in [0.2, 0.25) is 0 Å². The Morgan fingerprint density at radius 1 is 1.07 bits per heavy atom. The maximum Gasteiger partial charge on any atom is 0.223 e. The van der Waals surface area contributed by atoms with Gasteiger partial charge in [0.05, 0.1) is 13.7 Å². The first-order valence-corrected chi connectivity index (χ1v) is 10.0. The molecule has 5 nitrogen and oxygen atoms in total. The normalized spacial score (nSPS) is 15.2. The molecule has 2 aromatic rings. The van der Waals surface area contributed by atoms with E-state index in [1.165, 1.54) is 5.56 Å². The number of ether oxygens (including phenoxy) is 2. The number of carbonyl (C=O) groups excluding carboxylic acids is 1. The zero-order valence-electron chi connectivity index (χ0n) is 16.8.